The standard InChI is InChI=1S/C8H14FNO4/c1-8(2,7(12)14-9)13-6(11)5-10(3)4/h5H2,1-4H3. The minimum absolute atomic E-state index is 0.0169. The molecule has 0 aliphatic carbocycles. The molecule has 0 atom stereocenters. The third-order valence-corrected chi connectivity index (χ3v) is 1.38. The molecule has 0 aromatic rings. The first-order valence-electron chi connectivity index (χ1n) is 3.99. The van der Waals surface area contributed by atoms with Gasteiger partial charge < -0.3 is 4.74 Å². The average Bonchev–Trinajstić information content (AvgIpc) is 1.99. The lowest BCUT2D eigenvalue weighted by Crippen LogP contribution is -2.40. The molecule has 5 nitrogen and oxygen atoms in total. The highest BCUT2D eigenvalue weighted by molar-refractivity contribution is 5.82. The molecule has 0 radical (unpaired) electrons. The fraction of sp³-hybridized carbons (Fsp3) is 0.750. The Kier molecular flexibility index (Phi) is 4.49. The summed E-state index contributed by atoms with van der Waals surface area (Å²) in [7, 11) is 3.34. The van der Waals surface area contributed by atoms with Gasteiger partial charge in [-0.1, -0.05) is 0 Å². The van der Waals surface area contributed by atoms with Gasteiger partial charge in [-0.2, -0.15) is 0 Å². The van der Waals surface area contributed by atoms with Crippen LogP contribution in [0, 0.1) is 0 Å². The van der Waals surface area contributed by atoms with Crippen LogP contribution < -0.4 is 0 Å². The maximum absolute atomic E-state index is 11.5. The fourth-order valence-corrected chi connectivity index (χ4v) is 0.710. The first-order chi connectivity index (χ1) is 6.29. The van der Waals surface area contributed by atoms with E-state index in [0.717, 1.165) is 0 Å². The van der Waals surface area contributed by atoms with Crippen molar-refractivity contribution >= 4 is 11.9 Å². The summed E-state index contributed by atoms with van der Waals surface area (Å²) in [6, 6.07) is 0. The maximum Gasteiger partial charge on any atom is 0.391 e. The van der Waals surface area contributed by atoms with Gasteiger partial charge in [0.2, 0.25) is 5.60 Å². The summed E-state index contributed by atoms with van der Waals surface area (Å²) in [5.74, 6) is -1.85. The van der Waals surface area contributed by atoms with E-state index in [1.54, 1.807) is 19.0 Å². The van der Waals surface area contributed by atoms with Crippen LogP contribution in [0.15, 0.2) is 0 Å². The second-order valence-corrected chi connectivity index (χ2v) is 3.59. The van der Waals surface area contributed by atoms with Crippen molar-refractivity contribution in [2.24, 2.45) is 0 Å². The van der Waals surface area contributed by atoms with Crippen molar-refractivity contribution in [2.45, 2.75) is 19.4 Å². The van der Waals surface area contributed by atoms with Crippen LogP contribution >= 0.6 is 0 Å². The molecule has 82 valence electrons. The van der Waals surface area contributed by atoms with E-state index in [1.807, 2.05) is 0 Å². The Bertz CT molecular complexity index is 227. The van der Waals surface area contributed by atoms with E-state index in [9.17, 15) is 14.1 Å². The molecule has 0 bridgehead atoms. The molecule has 14 heavy (non-hydrogen) atoms. The van der Waals surface area contributed by atoms with Crippen LogP contribution in [0.5, 0.6) is 0 Å². The van der Waals surface area contributed by atoms with E-state index in [0.29, 0.717) is 0 Å². The summed E-state index contributed by atoms with van der Waals surface area (Å²) in [4.78, 5) is 26.4. The number of nitrogens with zero attached hydrogens (tertiary/aromatic N) is 1. The lowest BCUT2D eigenvalue weighted by Gasteiger charge is -2.21. The molecule has 0 spiro atoms. The van der Waals surface area contributed by atoms with E-state index < -0.39 is 17.5 Å². The smallest absolute Gasteiger partial charge is 0.391 e. The van der Waals surface area contributed by atoms with Crippen LogP contribution in [-0.2, 0) is 19.3 Å². The Morgan fingerprint density at radius 2 is 1.86 bits per heavy atom. The number of carbonyl (C=O) groups is 2. The summed E-state index contributed by atoms with van der Waals surface area (Å²) in [6.07, 6.45) is 0. The van der Waals surface area contributed by atoms with Gasteiger partial charge in [0.05, 0.1) is 6.54 Å². The molecule has 0 aliphatic rings. The van der Waals surface area contributed by atoms with Crippen molar-refractivity contribution in [2.75, 3.05) is 20.6 Å². The molecule has 0 unspecified atom stereocenters. The Labute approximate surface area is 81.7 Å². The quantitative estimate of drug-likeness (QED) is 0.620. The predicted octanol–water partition coefficient (Wildman–Crippen LogP) is 0.297. The number of esters is 1. The lowest BCUT2D eigenvalue weighted by molar-refractivity contribution is -0.209. The van der Waals surface area contributed by atoms with Gasteiger partial charge >= 0.3 is 11.9 Å². The Hall–Kier alpha value is -1.17. The minimum Gasteiger partial charge on any atom is -0.447 e. The molecule has 0 saturated carbocycles. The van der Waals surface area contributed by atoms with E-state index >= 15 is 0 Å². The van der Waals surface area contributed by atoms with Gasteiger partial charge in [0, 0.05) is 4.53 Å². The Morgan fingerprint density at radius 3 is 2.21 bits per heavy atom. The molecule has 0 aliphatic heterocycles. The monoisotopic (exact) mass is 207 g/mol. The molecule has 0 aromatic heterocycles. The van der Waals surface area contributed by atoms with Crippen molar-refractivity contribution in [3.63, 3.8) is 0 Å². The fourth-order valence-electron chi connectivity index (χ4n) is 0.710. The zero-order valence-corrected chi connectivity index (χ0v) is 8.67. The molecular weight excluding hydrogens is 193 g/mol. The molecule has 0 N–H and O–H groups in total. The lowest BCUT2D eigenvalue weighted by atomic mass is 10.1. The maximum atomic E-state index is 11.5. The van der Waals surface area contributed by atoms with Gasteiger partial charge in [0.25, 0.3) is 0 Å². The zero-order chi connectivity index (χ0) is 11.4. The van der Waals surface area contributed by atoms with Crippen molar-refractivity contribution in [3.05, 3.63) is 0 Å². The molecule has 0 amide bonds. The highest BCUT2D eigenvalue weighted by atomic mass is 19.3. The number of rotatable bonds is 4. The number of hydrogen-bond donors (Lipinski definition) is 0. The normalized spacial score (nSPS) is 11.3. The molecule has 0 saturated heterocycles. The van der Waals surface area contributed by atoms with Crippen molar-refractivity contribution < 1.29 is 23.8 Å². The van der Waals surface area contributed by atoms with E-state index in [-0.39, 0.29) is 6.54 Å². The van der Waals surface area contributed by atoms with Crippen LogP contribution in [0.1, 0.15) is 13.8 Å². The van der Waals surface area contributed by atoms with Crippen molar-refractivity contribution in [1.82, 2.24) is 4.90 Å². The average molecular weight is 207 g/mol. The molecule has 0 fully saturated rings. The molecule has 0 rings (SSSR count). The number of halogens is 1. The summed E-state index contributed by atoms with van der Waals surface area (Å²) >= 11 is 0. The van der Waals surface area contributed by atoms with Crippen molar-refractivity contribution in [3.8, 4) is 0 Å². The first kappa shape index (κ1) is 12.8. The Morgan fingerprint density at radius 1 is 1.36 bits per heavy atom. The number of likely N-dealkylation sites (N-methyl/N-ethyl adjacent to an activating group) is 1. The van der Waals surface area contributed by atoms with Gasteiger partial charge in [-0.25, -0.2) is 4.79 Å². The summed E-state index contributed by atoms with van der Waals surface area (Å²) in [6.45, 7) is 2.52. The highest BCUT2D eigenvalue weighted by Crippen LogP contribution is 2.12. The third kappa shape index (κ3) is 4.18. The van der Waals surface area contributed by atoms with Gasteiger partial charge in [-0.15, -0.1) is 0 Å². The van der Waals surface area contributed by atoms with Crippen LogP contribution in [0.25, 0.3) is 0 Å². The first-order valence-corrected chi connectivity index (χ1v) is 3.99. The summed E-state index contributed by atoms with van der Waals surface area (Å²) < 4.78 is 16.3. The van der Waals surface area contributed by atoms with Gasteiger partial charge in [0.15, 0.2) is 0 Å². The van der Waals surface area contributed by atoms with E-state index in [1.165, 1.54) is 13.8 Å². The van der Waals surface area contributed by atoms with Crippen molar-refractivity contribution in [1.29, 1.82) is 0 Å². The number of carbonyl (C=O) groups excluding carboxylic acids is 2. The van der Waals surface area contributed by atoms with E-state index in [2.05, 4.69) is 4.94 Å². The molecule has 0 heterocycles. The highest BCUT2D eigenvalue weighted by Gasteiger charge is 2.34. The van der Waals surface area contributed by atoms with Gasteiger partial charge in [-0.05, 0) is 27.9 Å². The summed E-state index contributed by atoms with van der Waals surface area (Å²) in [5.41, 5.74) is -1.60. The number of hydrogen-bond acceptors (Lipinski definition) is 5. The van der Waals surface area contributed by atoms with Crippen LogP contribution in [0.4, 0.5) is 4.53 Å². The van der Waals surface area contributed by atoms with E-state index in [4.69, 9.17) is 4.74 Å². The predicted molar refractivity (Wildman–Crippen MR) is 45.9 cm³/mol. The number of ether oxygens (including phenoxy) is 1. The SMILES string of the molecule is CN(C)CC(=O)OC(C)(C)C(=O)OF. The minimum atomic E-state index is -1.60. The molecule has 6 heteroatoms. The Balaban J connectivity index is 4.22. The third-order valence-electron chi connectivity index (χ3n) is 1.38. The largest absolute Gasteiger partial charge is 0.447 e. The van der Waals surface area contributed by atoms with Crippen LogP contribution in [0.3, 0.4) is 0 Å². The van der Waals surface area contributed by atoms with Gasteiger partial charge in [-0.3, -0.25) is 14.6 Å². The topological polar surface area (TPSA) is 55.8 Å². The zero-order valence-electron chi connectivity index (χ0n) is 8.67. The van der Waals surface area contributed by atoms with Crippen LogP contribution in [0.2, 0.25) is 0 Å². The molecular formula is C8H14FNO4. The second kappa shape index (κ2) is 4.90. The summed E-state index contributed by atoms with van der Waals surface area (Å²) in [5, 5.41) is 0. The van der Waals surface area contributed by atoms with Gasteiger partial charge in [0.1, 0.15) is 0 Å². The van der Waals surface area contributed by atoms with Crippen LogP contribution in [-0.4, -0.2) is 43.1 Å². The molecule has 0 aromatic carbocycles. The second-order valence-electron chi connectivity index (χ2n) is 3.59.